The van der Waals surface area contributed by atoms with E-state index in [1.54, 1.807) is 12.1 Å². The van der Waals surface area contributed by atoms with E-state index in [4.69, 9.17) is 11.5 Å². The minimum absolute atomic E-state index is 0.153. The number of carbonyl (C=O) groups is 3. The van der Waals surface area contributed by atoms with Gasteiger partial charge in [0, 0.05) is 18.5 Å². The minimum atomic E-state index is -5.22. The van der Waals surface area contributed by atoms with Gasteiger partial charge in [-0.3, -0.25) is 9.59 Å². The number of rotatable bonds is 7. The fraction of sp³-hybridized carbons (Fsp3) is 0.357. The largest absolute Gasteiger partial charge is 0.490 e. The lowest BCUT2D eigenvalue weighted by molar-refractivity contribution is -0.205. The van der Waals surface area contributed by atoms with Crippen molar-refractivity contribution < 1.29 is 32.3 Å². The minimum Gasteiger partial charge on any atom is -0.446 e. The maximum atomic E-state index is 12.2. The fourth-order valence-electron chi connectivity index (χ4n) is 1.80. The first-order valence-corrected chi connectivity index (χ1v) is 6.80. The van der Waals surface area contributed by atoms with Crippen LogP contribution in [0.3, 0.4) is 0 Å². The van der Waals surface area contributed by atoms with Gasteiger partial charge in [0.25, 0.3) is 5.91 Å². The number of esters is 1. The Morgan fingerprint density at radius 2 is 1.83 bits per heavy atom. The van der Waals surface area contributed by atoms with E-state index in [2.05, 4.69) is 10.1 Å². The molecule has 1 unspecified atom stereocenters. The van der Waals surface area contributed by atoms with Crippen LogP contribution in [0.25, 0.3) is 0 Å². The molecule has 0 bridgehead atoms. The van der Waals surface area contributed by atoms with Crippen LogP contribution in [0, 0.1) is 0 Å². The first-order valence-electron chi connectivity index (χ1n) is 6.80. The van der Waals surface area contributed by atoms with E-state index in [1.807, 2.05) is 0 Å². The van der Waals surface area contributed by atoms with E-state index in [9.17, 15) is 27.6 Å². The summed E-state index contributed by atoms with van der Waals surface area (Å²) in [7, 11) is 0. The molecule has 0 aliphatic rings. The standard InChI is InChI=1S/C14H16F3N3O4/c15-14(16,17)13(23)24-10(5-6-18)12(22)20-7-8-3-1-2-4-9(8)11(19)21/h1-4,10H,5-7,18H2,(H2,19,21)(H,20,22). The molecule has 1 aromatic rings. The van der Waals surface area contributed by atoms with Crippen LogP contribution in [0.5, 0.6) is 0 Å². The van der Waals surface area contributed by atoms with E-state index in [-0.39, 0.29) is 25.1 Å². The summed E-state index contributed by atoms with van der Waals surface area (Å²) < 4.78 is 40.8. The highest BCUT2D eigenvalue weighted by molar-refractivity contribution is 5.94. The second kappa shape index (κ2) is 8.29. The monoisotopic (exact) mass is 347 g/mol. The molecule has 0 heterocycles. The highest BCUT2D eigenvalue weighted by Crippen LogP contribution is 2.18. The summed E-state index contributed by atoms with van der Waals surface area (Å²) in [5.41, 5.74) is 10.9. The summed E-state index contributed by atoms with van der Waals surface area (Å²) in [5.74, 6) is -4.16. The van der Waals surface area contributed by atoms with Gasteiger partial charge in [0.05, 0.1) is 0 Å². The number of benzene rings is 1. The maximum absolute atomic E-state index is 12.2. The van der Waals surface area contributed by atoms with Gasteiger partial charge in [0.1, 0.15) is 0 Å². The van der Waals surface area contributed by atoms with Crippen molar-refractivity contribution in [3.8, 4) is 0 Å². The Labute approximate surface area is 135 Å². The number of hydrogen-bond acceptors (Lipinski definition) is 5. The van der Waals surface area contributed by atoms with Gasteiger partial charge in [-0.2, -0.15) is 13.2 Å². The van der Waals surface area contributed by atoms with Crippen molar-refractivity contribution >= 4 is 17.8 Å². The number of halogens is 3. The molecule has 7 nitrogen and oxygen atoms in total. The molecule has 0 spiro atoms. The first kappa shape index (κ1) is 19.4. The van der Waals surface area contributed by atoms with E-state index in [1.165, 1.54) is 12.1 Å². The summed E-state index contributed by atoms with van der Waals surface area (Å²) in [6, 6.07) is 6.10. The third-order valence-electron chi connectivity index (χ3n) is 2.94. The van der Waals surface area contributed by atoms with Crippen LogP contribution in [0.4, 0.5) is 13.2 Å². The van der Waals surface area contributed by atoms with Crippen molar-refractivity contribution in [1.29, 1.82) is 0 Å². The van der Waals surface area contributed by atoms with Gasteiger partial charge in [0.15, 0.2) is 6.10 Å². The van der Waals surface area contributed by atoms with Gasteiger partial charge in [0.2, 0.25) is 5.91 Å². The lowest BCUT2D eigenvalue weighted by Gasteiger charge is -2.18. The Kier molecular flexibility index (Phi) is 6.71. The Hall–Kier alpha value is -2.62. The Morgan fingerprint density at radius 3 is 2.38 bits per heavy atom. The molecular formula is C14H16F3N3O4. The van der Waals surface area contributed by atoms with Crippen molar-refractivity contribution in [2.24, 2.45) is 11.5 Å². The van der Waals surface area contributed by atoms with Crippen molar-refractivity contribution in [1.82, 2.24) is 5.32 Å². The molecule has 10 heteroatoms. The second-order valence-electron chi connectivity index (χ2n) is 4.71. The van der Waals surface area contributed by atoms with Gasteiger partial charge in [-0.1, -0.05) is 18.2 Å². The summed E-state index contributed by atoms with van der Waals surface area (Å²) in [4.78, 5) is 34.0. The number of carbonyl (C=O) groups excluding carboxylic acids is 3. The predicted octanol–water partition coefficient (Wildman–Crippen LogP) is 0.225. The van der Waals surface area contributed by atoms with Gasteiger partial charge in [-0.05, 0) is 18.2 Å². The number of nitrogens with two attached hydrogens (primary N) is 2. The maximum Gasteiger partial charge on any atom is 0.490 e. The summed E-state index contributed by atoms with van der Waals surface area (Å²) in [6.45, 7) is -0.344. The zero-order valence-electron chi connectivity index (χ0n) is 12.4. The highest BCUT2D eigenvalue weighted by Gasteiger charge is 2.43. The van der Waals surface area contributed by atoms with Crippen molar-refractivity contribution in [2.45, 2.75) is 25.2 Å². The van der Waals surface area contributed by atoms with Gasteiger partial charge < -0.3 is 21.5 Å². The topological polar surface area (TPSA) is 125 Å². The normalized spacial score (nSPS) is 12.3. The average Bonchev–Trinajstić information content (AvgIpc) is 2.51. The number of alkyl halides is 3. The van der Waals surface area contributed by atoms with Crippen molar-refractivity contribution in [3.63, 3.8) is 0 Å². The molecule has 5 N–H and O–H groups in total. The quantitative estimate of drug-likeness (QED) is 0.609. The molecule has 0 saturated heterocycles. The number of amides is 2. The second-order valence-corrected chi connectivity index (χ2v) is 4.71. The van der Waals surface area contributed by atoms with E-state index >= 15 is 0 Å². The number of hydrogen-bond donors (Lipinski definition) is 3. The van der Waals surface area contributed by atoms with Crippen LogP contribution in [0.15, 0.2) is 24.3 Å². The molecular weight excluding hydrogens is 331 g/mol. The third-order valence-corrected chi connectivity index (χ3v) is 2.94. The molecule has 0 saturated carbocycles. The van der Waals surface area contributed by atoms with Crippen LogP contribution in [-0.2, 0) is 20.9 Å². The molecule has 0 aromatic heterocycles. The molecule has 0 radical (unpaired) electrons. The lowest BCUT2D eigenvalue weighted by Crippen LogP contribution is -2.41. The van der Waals surface area contributed by atoms with Crippen molar-refractivity contribution in [3.05, 3.63) is 35.4 Å². The summed E-state index contributed by atoms with van der Waals surface area (Å²) >= 11 is 0. The van der Waals surface area contributed by atoms with E-state index in [0.717, 1.165) is 0 Å². The Balaban J connectivity index is 2.76. The molecule has 24 heavy (non-hydrogen) atoms. The Bertz CT molecular complexity index is 620. The molecule has 0 aliphatic carbocycles. The van der Waals surface area contributed by atoms with Gasteiger partial charge in [-0.15, -0.1) is 0 Å². The summed E-state index contributed by atoms with van der Waals surface area (Å²) in [5, 5.41) is 2.29. The van der Waals surface area contributed by atoms with Gasteiger partial charge in [-0.25, -0.2) is 4.79 Å². The molecule has 1 atom stereocenters. The number of ether oxygens (including phenoxy) is 1. The van der Waals surface area contributed by atoms with Crippen LogP contribution < -0.4 is 16.8 Å². The first-order chi connectivity index (χ1) is 11.2. The molecule has 0 fully saturated rings. The zero-order chi connectivity index (χ0) is 18.3. The van der Waals surface area contributed by atoms with Crippen LogP contribution in [0.2, 0.25) is 0 Å². The SMILES string of the molecule is NCCC(OC(=O)C(F)(F)F)C(=O)NCc1ccccc1C(N)=O. The molecule has 1 aromatic carbocycles. The van der Waals surface area contributed by atoms with Crippen LogP contribution in [-0.4, -0.2) is 36.6 Å². The zero-order valence-corrected chi connectivity index (χ0v) is 12.4. The van der Waals surface area contributed by atoms with Crippen LogP contribution in [0.1, 0.15) is 22.3 Å². The average molecular weight is 347 g/mol. The molecule has 2 amide bonds. The molecule has 132 valence electrons. The fourth-order valence-corrected chi connectivity index (χ4v) is 1.80. The van der Waals surface area contributed by atoms with E-state index in [0.29, 0.717) is 5.56 Å². The Morgan fingerprint density at radius 1 is 1.21 bits per heavy atom. The molecule has 0 aliphatic heterocycles. The van der Waals surface area contributed by atoms with Crippen molar-refractivity contribution in [2.75, 3.05) is 6.54 Å². The lowest BCUT2D eigenvalue weighted by atomic mass is 10.1. The smallest absolute Gasteiger partial charge is 0.446 e. The number of nitrogens with one attached hydrogen (secondary N) is 1. The molecule has 1 rings (SSSR count). The van der Waals surface area contributed by atoms with Gasteiger partial charge >= 0.3 is 12.1 Å². The third kappa shape index (κ3) is 5.54. The summed E-state index contributed by atoms with van der Waals surface area (Å²) in [6.07, 6.45) is -7.19. The predicted molar refractivity (Wildman–Crippen MR) is 76.4 cm³/mol. The van der Waals surface area contributed by atoms with E-state index < -0.39 is 30.1 Å². The highest BCUT2D eigenvalue weighted by atomic mass is 19.4. The number of primary amides is 1. The van der Waals surface area contributed by atoms with Crippen LogP contribution >= 0.6 is 0 Å².